The van der Waals surface area contributed by atoms with Crippen LogP contribution in [-0.2, 0) is 4.79 Å². The van der Waals surface area contributed by atoms with Crippen molar-refractivity contribution in [2.75, 3.05) is 6.54 Å². The SMILES string of the molecule is O=C1CCCCN1C1CCCC(O)N1. The molecule has 2 saturated heterocycles. The lowest BCUT2D eigenvalue weighted by atomic mass is 10.0. The summed E-state index contributed by atoms with van der Waals surface area (Å²) >= 11 is 0. The molecule has 2 N–H and O–H groups in total. The molecule has 0 radical (unpaired) electrons. The van der Waals surface area contributed by atoms with Crippen molar-refractivity contribution in [3.63, 3.8) is 0 Å². The molecule has 0 aromatic heterocycles. The van der Waals surface area contributed by atoms with Gasteiger partial charge in [-0.3, -0.25) is 10.1 Å². The van der Waals surface area contributed by atoms with Crippen LogP contribution in [0, 0.1) is 0 Å². The lowest BCUT2D eigenvalue weighted by Gasteiger charge is -2.39. The van der Waals surface area contributed by atoms with Crippen LogP contribution in [0.3, 0.4) is 0 Å². The Morgan fingerprint density at radius 2 is 2.14 bits per heavy atom. The van der Waals surface area contributed by atoms with Gasteiger partial charge in [0.2, 0.25) is 5.91 Å². The summed E-state index contributed by atoms with van der Waals surface area (Å²) in [7, 11) is 0. The maximum Gasteiger partial charge on any atom is 0.223 e. The third-order valence-corrected chi connectivity index (χ3v) is 3.08. The number of piperidine rings is 2. The number of nitrogens with zero attached hydrogens (tertiary/aromatic N) is 1. The Hall–Kier alpha value is -0.610. The van der Waals surface area contributed by atoms with Crippen LogP contribution in [0.15, 0.2) is 0 Å². The summed E-state index contributed by atoms with van der Waals surface area (Å²) in [5.41, 5.74) is 0. The first-order chi connectivity index (χ1) is 6.77. The Morgan fingerprint density at radius 3 is 2.86 bits per heavy atom. The summed E-state index contributed by atoms with van der Waals surface area (Å²) in [6.45, 7) is 0.850. The van der Waals surface area contributed by atoms with Crippen LogP contribution in [0.5, 0.6) is 0 Å². The van der Waals surface area contributed by atoms with Crippen molar-refractivity contribution in [2.24, 2.45) is 0 Å². The fraction of sp³-hybridized carbons (Fsp3) is 0.900. The maximum atomic E-state index is 11.6. The van der Waals surface area contributed by atoms with E-state index in [2.05, 4.69) is 5.32 Å². The van der Waals surface area contributed by atoms with Crippen molar-refractivity contribution >= 4 is 5.91 Å². The average Bonchev–Trinajstić information content (AvgIpc) is 2.18. The van der Waals surface area contributed by atoms with Crippen molar-refractivity contribution in [1.29, 1.82) is 0 Å². The Bertz CT molecular complexity index is 220. The number of hydrogen-bond donors (Lipinski definition) is 2. The monoisotopic (exact) mass is 198 g/mol. The van der Waals surface area contributed by atoms with Crippen LogP contribution in [0.25, 0.3) is 0 Å². The minimum Gasteiger partial charge on any atom is -0.379 e. The van der Waals surface area contributed by atoms with Crippen LogP contribution >= 0.6 is 0 Å². The molecule has 2 heterocycles. The van der Waals surface area contributed by atoms with Crippen LogP contribution in [0.2, 0.25) is 0 Å². The van der Waals surface area contributed by atoms with E-state index in [0.717, 1.165) is 38.6 Å². The van der Waals surface area contributed by atoms with Gasteiger partial charge in [-0.1, -0.05) is 0 Å². The number of aliphatic hydroxyl groups is 1. The molecule has 4 nitrogen and oxygen atoms in total. The van der Waals surface area contributed by atoms with Gasteiger partial charge in [0.25, 0.3) is 0 Å². The predicted octanol–water partition coefficient (Wildman–Crippen LogP) is 0.417. The molecule has 0 aromatic carbocycles. The summed E-state index contributed by atoms with van der Waals surface area (Å²) < 4.78 is 0. The van der Waals surface area contributed by atoms with E-state index < -0.39 is 6.23 Å². The van der Waals surface area contributed by atoms with Crippen molar-refractivity contribution in [3.8, 4) is 0 Å². The first-order valence-electron chi connectivity index (χ1n) is 5.51. The van der Waals surface area contributed by atoms with Crippen LogP contribution in [0.4, 0.5) is 0 Å². The summed E-state index contributed by atoms with van der Waals surface area (Å²) in [4.78, 5) is 13.5. The van der Waals surface area contributed by atoms with E-state index in [1.807, 2.05) is 4.90 Å². The summed E-state index contributed by atoms with van der Waals surface area (Å²) in [5.74, 6) is 0.239. The first-order valence-corrected chi connectivity index (χ1v) is 5.51. The van der Waals surface area contributed by atoms with Crippen LogP contribution < -0.4 is 5.32 Å². The van der Waals surface area contributed by atoms with E-state index in [1.54, 1.807) is 0 Å². The largest absolute Gasteiger partial charge is 0.379 e. The fourth-order valence-corrected chi connectivity index (χ4v) is 2.30. The third kappa shape index (κ3) is 2.07. The van der Waals surface area contributed by atoms with E-state index >= 15 is 0 Å². The second-order valence-corrected chi connectivity index (χ2v) is 4.17. The van der Waals surface area contributed by atoms with Gasteiger partial charge >= 0.3 is 0 Å². The molecule has 2 aliphatic rings. The summed E-state index contributed by atoms with van der Waals surface area (Å²) in [5, 5.41) is 12.5. The van der Waals surface area contributed by atoms with E-state index in [-0.39, 0.29) is 12.1 Å². The zero-order chi connectivity index (χ0) is 9.97. The molecule has 1 amide bonds. The van der Waals surface area contributed by atoms with Gasteiger partial charge in [-0.05, 0) is 32.1 Å². The number of amides is 1. The molecule has 80 valence electrons. The number of hydrogen-bond acceptors (Lipinski definition) is 3. The Balaban J connectivity index is 1.94. The van der Waals surface area contributed by atoms with Crippen molar-refractivity contribution < 1.29 is 9.90 Å². The lowest BCUT2D eigenvalue weighted by Crippen LogP contribution is -2.55. The molecule has 2 aliphatic heterocycles. The van der Waals surface area contributed by atoms with E-state index in [0.29, 0.717) is 6.42 Å². The molecule has 4 heteroatoms. The number of likely N-dealkylation sites (tertiary alicyclic amines) is 1. The molecule has 0 aromatic rings. The van der Waals surface area contributed by atoms with Gasteiger partial charge in [0.1, 0.15) is 6.23 Å². The average molecular weight is 198 g/mol. The molecule has 2 unspecified atom stereocenters. The molecule has 0 saturated carbocycles. The second kappa shape index (κ2) is 4.28. The van der Waals surface area contributed by atoms with E-state index in [1.165, 1.54) is 0 Å². The fourth-order valence-electron chi connectivity index (χ4n) is 2.30. The number of carbonyl (C=O) groups excluding carboxylic acids is 1. The van der Waals surface area contributed by atoms with Crippen molar-refractivity contribution in [1.82, 2.24) is 10.2 Å². The molecule has 0 spiro atoms. The van der Waals surface area contributed by atoms with Gasteiger partial charge in [0.05, 0.1) is 6.17 Å². The van der Waals surface area contributed by atoms with Gasteiger partial charge in [0.15, 0.2) is 0 Å². The molecular formula is C10H18N2O2. The molecule has 2 atom stereocenters. The smallest absolute Gasteiger partial charge is 0.223 e. The van der Waals surface area contributed by atoms with Gasteiger partial charge < -0.3 is 10.0 Å². The van der Waals surface area contributed by atoms with Gasteiger partial charge in [-0.2, -0.15) is 0 Å². The molecule has 2 rings (SSSR count). The highest BCUT2D eigenvalue weighted by atomic mass is 16.3. The number of carbonyl (C=O) groups is 1. The minimum atomic E-state index is -0.427. The highest BCUT2D eigenvalue weighted by molar-refractivity contribution is 5.77. The molecule has 14 heavy (non-hydrogen) atoms. The summed E-state index contributed by atoms with van der Waals surface area (Å²) in [6.07, 6.45) is 5.22. The quantitative estimate of drug-likeness (QED) is 0.642. The standard InChI is InChI=1S/C10H18N2O2/c13-9-5-3-4-8(11-9)12-7-2-1-6-10(12)14/h8-9,11,13H,1-7H2. The van der Waals surface area contributed by atoms with Crippen molar-refractivity contribution in [3.05, 3.63) is 0 Å². The maximum absolute atomic E-state index is 11.6. The molecule has 0 aliphatic carbocycles. The zero-order valence-electron chi connectivity index (χ0n) is 8.41. The normalized spacial score (nSPS) is 34.6. The number of aliphatic hydroxyl groups excluding tert-OH is 1. The Morgan fingerprint density at radius 1 is 1.29 bits per heavy atom. The molecule has 0 bridgehead atoms. The highest BCUT2D eigenvalue weighted by Gasteiger charge is 2.29. The molecular weight excluding hydrogens is 180 g/mol. The predicted molar refractivity (Wildman–Crippen MR) is 52.3 cm³/mol. The van der Waals surface area contributed by atoms with E-state index in [9.17, 15) is 9.90 Å². The number of rotatable bonds is 1. The topological polar surface area (TPSA) is 52.6 Å². The minimum absolute atomic E-state index is 0.0755. The van der Waals surface area contributed by atoms with Crippen LogP contribution in [0.1, 0.15) is 38.5 Å². The molecule has 2 fully saturated rings. The van der Waals surface area contributed by atoms with E-state index in [4.69, 9.17) is 0 Å². The first kappa shape index (κ1) is 9.93. The van der Waals surface area contributed by atoms with Crippen LogP contribution in [-0.4, -0.2) is 34.9 Å². The number of nitrogens with one attached hydrogen (secondary N) is 1. The highest BCUT2D eigenvalue weighted by Crippen LogP contribution is 2.19. The second-order valence-electron chi connectivity index (χ2n) is 4.17. The van der Waals surface area contributed by atoms with Gasteiger partial charge in [0, 0.05) is 13.0 Å². The Labute approximate surface area is 84.3 Å². The Kier molecular flexibility index (Phi) is 3.03. The summed E-state index contributed by atoms with van der Waals surface area (Å²) in [6, 6.07) is 0. The van der Waals surface area contributed by atoms with Gasteiger partial charge in [-0.15, -0.1) is 0 Å². The third-order valence-electron chi connectivity index (χ3n) is 3.08. The van der Waals surface area contributed by atoms with Gasteiger partial charge in [-0.25, -0.2) is 0 Å². The zero-order valence-corrected chi connectivity index (χ0v) is 8.41. The van der Waals surface area contributed by atoms with Crippen molar-refractivity contribution in [2.45, 2.75) is 50.9 Å². The lowest BCUT2D eigenvalue weighted by molar-refractivity contribution is -0.138.